The SMILES string of the molecule is O=C(OCC(=O)N1CCC(Cc2ccccc2)CC1)c1ccc([N+](=O)[O-])s1. The fourth-order valence-electron chi connectivity index (χ4n) is 3.16. The summed E-state index contributed by atoms with van der Waals surface area (Å²) in [5, 5.41) is 10.5. The van der Waals surface area contributed by atoms with Gasteiger partial charge >= 0.3 is 11.0 Å². The van der Waals surface area contributed by atoms with E-state index in [1.165, 1.54) is 17.7 Å². The zero-order chi connectivity index (χ0) is 19.2. The molecule has 1 aliphatic heterocycles. The van der Waals surface area contributed by atoms with Gasteiger partial charge in [-0.1, -0.05) is 41.7 Å². The predicted octanol–water partition coefficient (Wildman–Crippen LogP) is 3.29. The number of carbonyl (C=O) groups is 2. The summed E-state index contributed by atoms with van der Waals surface area (Å²) >= 11 is 0.739. The molecule has 1 aliphatic rings. The van der Waals surface area contributed by atoms with Gasteiger partial charge in [0.05, 0.1) is 4.92 Å². The molecule has 0 saturated carbocycles. The van der Waals surface area contributed by atoms with Gasteiger partial charge in [-0.15, -0.1) is 0 Å². The molecular weight excluding hydrogens is 368 g/mol. The number of hydrogen-bond acceptors (Lipinski definition) is 6. The molecule has 1 amide bonds. The third kappa shape index (κ3) is 5.13. The molecule has 27 heavy (non-hydrogen) atoms. The second kappa shape index (κ2) is 8.77. The lowest BCUT2D eigenvalue weighted by Crippen LogP contribution is -2.41. The van der Waals surface area contributed by atoms with Crippen LogP contribution >= 0.6 is 11.3 Å². The van der Waals surface area contributed by atoms with Crippen LogP contribution in [0.1, 0.15) is 28.1 Å². The number of ether oxygens (including phenoxy) is 1. The summed E-state index contributed by atoms with van der Waals surface area (Å²) in [4.78, 5) is 36.1. The monoisotopic (exact) mass is 388 g/mol. The fraction of sp³-hybridized carbons (Fsp3) is 0.368. The molecule has 0 N–H and O–H groups in total. The molecule has 0 aliphatic carbocycles. The van der Waals surface area contributed by atoms with Gasteiger partial charge in [0.15, 0.2) is 6.61 Å². The largest absolute Gasteiger partial charge is 0.451 e. The molecule has 2 heterocycles. The van der Waals surface area contributed by atoms with Crippen molar-refractivity contribution < 1.29 is 19.2 Å². The van der Waals surface area contributed by atoms with E-state index in [1.807, 2.05) is 18.2 Å². The number of esters is 1. The first kappa shape index (κ1) is 19.0. The number of thiophene rings is 1. The molecule has 8 heteroatoms. The third-order valence-corrected chi connectivity index (χ3v) is 5.65. The van der Waals surface area contributed by atoms with Crippen molar-refractivity contribution >= 4 is 28.2 Å². The number of likely N-dealkylation sites (tertiary alicyclic amines) is 1. The third-order valence-electron chi connectivity index (χ3n) is 4.63. The van der Waals surface area contributed by atoms with Crippen LogP contribution in [0.5, 0.6) is 0 Å². The van der Waals surface area contributed by atoms with Crippen molar-refractivity contribution in [2.75, 3.05) is 19.7 Å². The Labute approximate surface area is 160 Å². The maximum Gasteiger partial charge on any atom is 0.349 e. The minimum Gasteiger partial charge on any atom is -0.451 e. The van der Waals surface area contributed by atoms with E-state index < -0.39 is 10.9 Å². The average molecular weight is 388 g/mol. The number of amides is 1. The number of carbonyl (C=O) groups excluding carboxylic acids is 2. The van der Waals surface area contributed by atoms with Gasteiger partial charge in [0.25, 0.3) is 5.91 Å². The summed E-state index contributed by atoms with van der Waals surface area (Å²) in [6, 6.07) is 12.9. The standard InChI is InChI=1S/C19H20N2O5S/c22-17(13-26-19(23)16-6-7-18(27-16)21(24)25)20-10-8-15(9-11-20)12-14-4-2-1-3-5-14/h1-7,15H,8-13H2. The van der Waals surface area contributed by atoms with Gasteiger partial charge in [-0.25, -0.2) is 4.79 Å². The summed E-state index contributed by atoms with van der Waals surface area (Å²) in [7, 11) is 0. The van der Waals surface area contributed by atoms with Gasteiger partial charge in [-0.3, -0.25) is 14.9 Å². The van der Waals surface area contributed by atoms with E-state index in [0.717, 1.165) is 30.6 Å². The van der Waals surface area contributed by atoms with Crippen molar-refractivity contribution in [3.8, 4) is 0 Å². The summed E-state index contributed by atoms with van der Waals surface area (Å²) < 4.78 is 5.02. The van der Waals surface area contributed by atoms with E-state index >= 15 is 0 Å². The maximum atomic E-state index is 12.3. The normalized spacial score (nSPS) is 14.7. The van der Waals surface area contributed by atoms with E-state index in [1.54, 1.807) is 4.90 Å². The number of nitrogens with zero attached hydrogens (tertiary/aromatic N) is 2. The average Bonchev–Trinajstić information content (AvgIpc) is 3.18. The highest BCUT2D eigenvalue weighted by Gasteiger charge is 2.24. The molecule has 3 rings (SSSR count). The van der Waals surface area contributed by atoms with Crippen LogP contribution in [0.3, 0.4) is 0 Å². The molecule has 1 aromatic carbocycles. The van der Waals surface area contributed by atoms with Crippen LogP contribution in [0, 0.1) is 16.0 Å². The van der Waals surface area contributed by atoms with Crippen molar-refractivity contribution in [3.63, 3.8) is 0 Å². The highest BCUT2D eigenvalue weighted by atomic mass is 32.1. The van der Waals surface area contributed by atoms with Crippen LogP contribution in [0.15, 0.2) is 42.5 Å². The molecule has 0 unspecified atom stereocenters. The first-order valence-corrected chi connectivity index (χ1v) is 9.57. The maximum absolute atomic E-state index is 12.3. The first-order valence-electron chi connectivity index (χ1n) is 8.76. The van der Waals surface area contributed by atoms with Crippen LogP contribution in [0.4, 0.5) is 5.00 Å². The summed E-state index contributed by atoms with van der Waals surface area (Å²) in [6.07, 6.45) is 2.85. The van der Waals surface area contributed by atoms with Crippen LogP contribution in [0.2, 0.25) is 0 Å². The highest BCUT2D eigenvalue weighted by molar-refractivity contribution is 7.17. The molecule has 0 radical (unpaired) electrons. The Bertz CT molecular complexity index is 813. The molecule has 0 atom stereocenters. The Balaban J connectivity index is 1.42. The number of nitro groups is 1. The molecule has 0 bridgehead atoms. The Hall–Kier alpha value is -2.74. The molecule has 142 valence electrons. The predicted molar refractivity (Wildman–Crippen MR) is 101 cm³/mol. The minimum absolute atomic E-state index is 0.121. The molecule has 7 nitrogen and oxygen atoms in total. The fourth-order valence-corrected chi connectivity index (χ4v) is 3.87. The van der Waals surface area contributed by atoms with Gasteiger partial charge in [0, 0.05) is 19.2 Å². The van der Waals surface area contributed by atoms with Gasteiger partial charge < -0.3 is 9.64 Å². The van der Waals surface area contributed by atoms with Gasteiger partial charge in [-0.05, 0) is 36.8 Å². The second-order valence-corrected chi connectivity index (χ2v) is 7.55. The van der Waals surface area contributed by atoms with Crippen molar-refractivity contribution in [2.45, 2.75) is 19.3 Å². The summed E-state index contributed by atoms with van der Waals surface area (Å²) in [6.45, 7) is 0.963. The van der Waals surface area contributed by atoms with E-state index in [2.05, 4.69) is 12.1 Å². The number of piperidine rings is 1. The molecular formula is C19H20N2O5S. The molecule has 2 aromatic rings. The van der Waals surface area contributed by atoms with Crippen molar-refractivity contribution in [2.24, 2.45) is 5.92 Å². The van der Waals surface area contributed by atoms with Gasteiger partial charge in [0.2, 0.25) is 0 Å². The summed E-state index contributed by atoms with van der Waals surface area (Å²) in [5.74, 6) is -0.390. The van der Waals surface area contributed by atoms with Gasteiger partial charge in [0.1, 0.15) is 4.88 Å². The van der Waals surface area contributed by atoms with E-state index in [-0.39, 0.29) is 22.4 Å². The number of benzene rings is 1. The van der Waals surface area contributed by atoms with Crippen LogP contribution in [-0.4, -0.2) is 41.4 Å². The lowest BCUT2D eigenvalue weighted by Gasteiger charge is -2.32. The first-order chi connectivity index (χ1) is 13.0. The lowest BCUT2D eigenvalue weighted by atomic mass is 9.90. The zero-order valence-electron chi connectivity index (χ0n) is 14.7. The zero-order valence-corrected chi connectivity index (χ0v) is 15.5. The van der Waals surface area contributed by atoms with E-state index in [0.29, 0.717) is 19.0 Å². The van der Waals surface area contributed by atoms with Crippen LogP contribution in [0.25, 0.3) is 0 Å². The molecule has 1 fully saturated rings. The summed E-state index contributed by atoms with van der Waals surface area (Å²) in [5.41, 5.74) is 1.31. The van der Waals surface area contributed by atoms with Crippen LogP contribution < -0.4 is 0 Å². The lowest BCUT2D eigenvalue weighted by molar-refractivity contribution is -0.380. The van der Waals surface area contributed by atoms with E-state index in [9.17, 15) is 19.7 Å². The topological polar surface area (TPSA) is 89.8 Å². The van der Waals surface area contributed by atoms with Gasteiger partial charge in [-0.2, -0.15) is 0 Å². The second-order valence-electron chi connectivity index (χ2n) is 6.49. The Kier molecular flexibility index (Phi) is 6.18. The van der Waals surface area contributed by atoms with Crippen molar-refractivity contribution in [3.05, 3.63) is 63.0 Å². The molecule has 1 aromatic heterocycles. The van der Waals surface area contributed by atoms with Crippen LogP contribution in [-0.2, 0) is 16.0 Å². The highest BCUT2D eigenvalue weighted by Crippen LogP contribution is 2.25. The number of rotatable bonds is 6. The Morgan fingerprint density at radius 3 is 2.48 bits per heavy atom. The smallest absolute Gasteiger partial charge is 0.349 e. The quantitative estimate of drug-likeness (QED) is 0.430. The van der Waals surface area contributed by atoms with E-state index in [4.69, 9.17) is 4.74 Å². The molecule has 0 spiro atoms. The number of hydrogen-bond donors (Lipinski definition) is 0. The molecule has 1 saturated heterocycles. The Morgan fingerprint density at radius 1 is 1.15 bits per heavy atom. The van der Waals surface area contributed by atoms with Crippen molar-refractivity contribution in [1.82, 2.24) is 4.90 Å². The minimum atomic E-state index is -0.708. The van der Waals surface area contributed by atoms with Crippen molar-refractivity contribution in [1.29, 1.82) is 0 Å². The Morgan fingerprint density at radius 2 is 1.85 bits per heavy atom.